The molecule has 0 aliphatic carbocycles. The molecule has 0 aliphatic heterocycles. The normalized spacial score (nSPS) is 10.6. The number of hydrogen-bond donors (Lipinski definition) is 1. The van der Waals surface area contributed by atoms with Gasteiger partial charge in [-0.1, -0.05) is 19.1 Å². The minimum Gasteiger partial charge on any atom is -0.370 e. The first-order valence-corrected chi connectivity index (χ1v) is 7.61. The lowest BCUT2D eigenvalue weighted by atomic mass is 10.1. The molecule has 0 saturated heterocycles. The molecule has 0 unspecified atom stereocenters. The zero-order chi connectivity index (χ0) is 15.1. The summed E-state index contributed by atoms with van der Waals surface area (Å²) in [5.74, 6) is 0. The van der Waals surface area contributed by atoms with Gasteiger partial charge in [0.25, 0.3) is 0 Å². The molecule has 112 valence electrons. The summed E-state index contributed by atoms with van der Waals surface area (Å²) in [5, 5.41) is 3.45. The predicted octanol–water partition coefficient (Wildman–Crippen LogP) is 3.53. The molecule has 0 radical (unpaired) electrons. The van der Waals surface area contributed by atoms with E-state index in [1.54, 1.807) is 0 Å². The summed E-state index contributed by atoms with van der Waals surface area (Å²) in [6.45, 7) is 7.29. The minimum atomic E-state index is 0.900. The van der Waals surface area contributed by atoms with E-state index in [1.807, 2.05) is 12.4 Å². The van der Waals surface area contributed by atoms with Gasteiger partial charge >= 0.3 is 0 Å². The molecule has 0 atom stereocenters. The Hall–Kier alpha value is -1.87. The van der Waals surface area contributed by atoms with E-state index >= 15 is 0 Å². The zero-order valence-electron chi connectivity index (χ0n) is 13.3. The third-order valence-corrected chi connectivity index (χ3v) is 3.60. The van der Waals surface area contributed by atoms with Crippen molar-refractivity contribution in [3.63, 3.8) is 0 Å². The Labute approximate surface area is 128 Å². The summed E-state index contributed by atoms with van der Waals surface area (Å²) in [6.07, 6.45) is 4.86. The highest BCUT2D eigenvalue weighted by atomic mass is 15.1. The van der Waals surface area contributed by atoms with Gasteiger partial charge in [-0.3, -0.25) is 4.98 Å². The first kappa shape index (κ1) is 15.5. The average molecular weight is 283 g/mol. The van der Waals surface area contributed by atoms with Crippen molar-refractivity contribution in [1.29, 1.82) is 0 Å². The van der Waals surface area contributed by atoms with E-state index in [0.717, 1.165) is 19.6 Å². The summed E-state index contributed by atoms with van der Waals surface area (Å²) >= 11 is 0. The number of aromatic nitrogens is 1. The predicted molar refractivity (Wildman–Crippen MR) is 89.5 cm³/mol. The van der Waals surface area contributed by atoms with E-state index in [0.29, 0.717) is 0 Å². The van der Waals surface area contributed by atoms with Gasteiger partial charge in [-0.15, -0.1) is 0 Å². The maximum Gasteiger partial charge on any atom is 0.0427 e. The number of benzene rings is 1. The van der Waals surface area contributed by atoms with E-state index in [-0.39, 0.29) is 0 Å². The van der Waals surface area contributed by atoms with Crippen LogP contribution in [0.25, 0.3) is 0 Å². The molecular formula is C18H25N3. The van der Waals surface area contributed by atoms with Crippen LogP contribution in [0.15, 0.2) is 42.7 Å². The van der Waals surface area contributed by atoms with Crippen molar-refractivity contribution in [3.05, 3.63) is 59.4 Å². The van der Waals surface area contributed by atoms with Gasteiger partial charge in [0, 0.05) is 38.2 Å². The van der Waals surface area contributed by atoms with Crippen molar-refractivity contribution in [2.45, 2.75) is 33.4 Å². The SMILES string of the molecule is CCCNCc1ccc(N(C)Cc2ccncc2)c(C)c1. The molecule has 0 fully saturated rings. The summed E-state index contributed by atoms with van der Waals surface area (Å²) in [5.41, 5.74) is 5.23. The molecule has 2 aromatic rings. The van der Waals surface area contributed by atoms with Gasteiger partial charge in [0.1, 0.15) is 0 Å². The van der Waals surface area contributed by atoms with E-state index in [1.165, 1.54) is 28.8 Å². The number of anilines is 1. The molecule has 3 heteroatoms. The average Bonchev–Trinajstić information content (AvgIpc) is 2.48. The summed E-state index contributed by atoms with van der Waals surface area (Å²) in [6, 6.07) is 10.8. The highest BCUT2D eigenvalue weighted by molar-refractivity contribution is 5.54. The van der Waals surface area contributed by atoms with Crippen LogP contribution in [0.2, 0.25) is 0 Å². The number of rotatable bonds is 7. The molecule has 1 aromatic carbocycles. The fraction of sp³-hybridized carbons (Fsp3) is 0.389. The van der Waals surface area contributed by atoms with Crippen LogP contribution in [0, 0.1) is 6.92 Å². The van der Waals surface area contributed by atoms with Crippen LogP contribution in [0.1, 0.15) is 30.0 Å². The van der Waals surface area contributed by atoms with E-state index in [2.05, 4.69) is 66.4 Å². The van der Waals surface area contributed by atoms with Gasteiger partial charge in [-0.25, -0.2) is 0 Å². The van der Waals surface area contributed by atoms with Crippen LogP contribution in [0.4, 0.5) is 5.69 Å². The van der Waals surface area contributed by atoms with Gasteiger partial charge in [-0.2, -0.15) is 0 Å². The quantitative estimate of drug-likeness (QED) is 0.788. The minimum absolute atomic E-state index is 0.900. The van der Waals surface area contributed by atoms with Gasteiger partial charge in [-0.05, 0) is 54.8 Å². The summed E-state index contributed by atoms with van der Waals surface area (Å²) in [4.78, 5) is 6.35. The van der Waals surface area contributed by atoms with Crippen LogP contribution in [0.5, 0.6) is 0 Å². The van der Waals surface area contributed by atoms with Crippen LogP contribution in [0.3, 0.4) is 0 Å². The van der Waals surface area contributed by atoms with Gasteiger partial charge < -0.3 is 10.2 Å². The molecule has 1 N–H and O–H groups in total. The van der Waals surface area contributed by atoms with Gasteiger partial charge in [0.15, 0.2) is 0 Å². The van der Waals surface area contributed by atoms with Crippen molar-refractivity contribution in [1.82, 2.24) is 10.3 Å². The number of nitrogens with zero attached hydrogens (tertiary/aromatic N) is 2. The lowest BCUT2D eigenvalue weighted by molar-refractivity contribution is 0.675. The second-order valence-electron chi connectivity index (χ2n) is 5.51. The maximum atomic E-state index is 4.06. The summed E-state index contributed by atoms with van der Waals surface area (Å²) < 4.78 is 0. The fourth-order valence-corrected chi connectivity index (χ4v) is 2.51. The third kappa shape index (κ3) is 4.57. The Morgan fingerprint density at radius 3 is 2.52 bits per heavy atom. The van der Waals surface area contributed by atoms with E-state index in [4.69, 9.17) is 0 Å². The first-order valence-electron chi connectivity index (χ1n) is 7.61. The van der Waals surface area contributed by atoms with Crippen molar-refractivity contribution in [3.8, 4) is 0 Å². The Morgan fingerprint density at radius 1 is 1.10 bits per heavy atom. The molecular weight excluding hydrogens is 258 g/mol. The highest BCUT2D eigenvalue weighted by Gasteiger charge is 2.06. The maximum absolute atomic E-state index is 4.06. The Morgan fingerprint density at radius 2 is 1.86 bits per heavy atom. The zero-order valence-corrected chi connectivity index (χ0v) is 13.3. The Bertz CT molecular complexity index is 552. The van der Waals surface area contributed by atoms with Crippen LogP contribution >= 0.6 is 0 Å². The molecule has 3 nitrogen and oxygen atoms in total. The number of nitrogens with one attached hydrogen (secondary N) is 1. The molecule has 1 heterocycles. The third-order valence-electron chi connectivity index (χ3n) is 3.60. The molecule has 0 aliphatic rings. The van der Waals surface area contributed by atoms with Crippen LogP contribution in [-0.4, -0.2) is 18.6 Å². The Kier molecular flexibility index (Phi) is 5.76. The second kappa shape index (κ2) is 7.79. The van der Waals surface area contributed by atoms with Crippen molar-refractivity contribution in [2.24, 2.45) is 0 Å². The van der Waals surface area contributed by atoms with Crippen molar-refractivity contribution < 1.29 is 0 Å². The van der Waals surface area contributed by atoms with Crippen LogP contribution in [-0.2, 0) is 13.1 Å². The fourth-order valence-electron chi connectivity index (χ4n) is 2.51. The number of aryl methyl sites for hydroxylation is 1. The highest BCUT2D eigenvalue weighted by Crippen LogP contribution is 2.21. The first-order chi connectivity index (χ1) is 10.2. The molecule has 0 amide bonds. The molecule has 0 saturated carbocycles. The van der Waals surface area contributed by atoms with E-state index in [9.17, 15) is 0 Å². The molecule has 2 rings (SSSR count). The van der Waals surface area contributed by atoms with Crippen LogP contribution < -0.4 is 10.2 Å². The standard InChI is InChI=1S/C18H25N3/c1-4-9-20-13-17-5-6-18(15(2)12-17)21(3)14-16-7-10-19-11-8-16/h5-8,10-12,20H,4,9,13-14H2,1-3H3. The molecule has 0 spiro atoms. The number of hydrogen-bond acceptors (Lipinski definition) is 3. The van der Waals surface area contributed by atoms with Crippen molar-refractivity contribution >= 4 is 5.69 Å². The molecule has 1 aromatic heterocycles. The Balaban J connectivity index is 2.02. The molecule has 21 heavy (non-hydrogen) atoms. The van der Waals surface area contributed by atoms with Gasteiger partial charge in [0.2, 0.25) is 0 Å². The number of pyridine rings is 1. The van der Waals surface area contributed by atoms with Crippen molar-refractivity contribution in [2.75, 3.05) is 18.5 Å². The monoisotopic (exact) mass is 283 g/mol. The van der Waals surface area contributed by atoms with E-state index < -0.39 is 0 Å². The lowest BCUT2D eigenvalue weighted by Gasteiger charge is -2.22. The topological polar surface area (TPSA) is 28.2 Å². The van der Waals surface area contributed by atoms with Gasteiger partial charge in [0.05, 0.1) is 0 Å². The summed E-state index contributed by atoms with van der Waals surface area (Å²) in [7, 11) is 2.14. The largest absolute Gasteiger partial charge is 0.370 e. The second-order valence-corrected chi connectivity index (χ2v) is 5.51. The molecule has 0 bridgehead atoms. The smallest absolute Gasteiger partial charge is 0.0427 e. The lowest BCUT2D eigenvalue weighted by Crippen LogP contribution is -2.18.